The average Bonchev–Trinajstić information content (AvgIpc) is 3.18. The molecule has 7 heteroatoms. The minimum Gasteiger partial charge on any atom is -0.328 e. The highest BCUT2D eigenvalue weighted by molar-refractivity contribution is 5.89. The van der Waals surface area contributed by atoms with Gasteiger partial charge in [-0.15, -0.1) is 0 Å². The minimum atomic E-state index is -0.336. The zero-order valence-electron chi connectivity index (χ0n) is 16.3. The van der Waals surface area contributed by atoms with Crippen LogP contribution >= 0.6 is 0 Å². The largest absolute Gasteiger partial charge is 0.328 e. The van der Waals surface area contributed by atoms with Crippen molar-refractivity contribution >= 4 is 11.7 Å². The van der Waals surface area contributed by atoms with Gasteiger partial charge in [-0.2, -0.15) is 5.10 Å². The van der Waals surface area contributed by atoms with Crippen LogP contribution < -0.4 is 5.32 Å². The van der Waals surface area contributed by atoms with Crippen LogP contribution in [0.2, 0.25) is 0 Å². The first-order chi connectivity index (χ1) is 14.0. The summed E-state index contributed by atoms with van der Waals surface area (Å²) in [6.45, 7) is 0.630. The van der Waals surface area contributed by atoms with Crippen LogP contribution in [0.25, 0.3) is 11.3 Å². The standard InChI is InChI=1S/C22H24F2N4O/c1-28(22(29)25-19-11-9-17(23)10-12-19)13-4-2-3-8-20-15-21(27-26-20)16-6-5-7-18(24)14-16/h5-7,9-12,14-15H,2-4,8,13H2,1H3,(H,25,29)(H,26,27). The van der Waals surface area contributed by atoms with Crippen LogP contribution in [0.4, 0.5) is 19.3 Å². The van der Waals surface area contributed by atoms with Crippen molar-refractivity contribution < 1.29 is 13.6 Å². The van der Waals surface area contributed by atoms with Gasteiger partial charge < -0.3 is 10.2 Å². The van der Waals surface area contributed by atoms with E-state index >= 15 is 0 Å². The van der Waals surface area contributed by atoms with Gasteiger partial charge in [0.2, 0.25) is 0 Å². The molecular formula is C22H24F2N4O. The third-order valence-corrected chi connectivity index (χ3v) is 4.63. The number of urea groups is 1. The van der Waals surface area contributed by atoms with Crippen molar-refractivity contribution in [3.8, 4) is 11.3 Å². The molecule has 0 unspecified atom stereocenters. The van der Waals surface area contributed by atoms with Crippen LogP contribution in [0.3, 0.4) is 0 Å². The lowest BCUT2D eigenvalue weighted by Crippen LogP contribution is -2.32. The molecule has 0 atom stereocenters. The molecule has 0 radical (unpaired) electrons. The highest BCUT2D eigenvalue weighted by Crippen LogP contribution is 2.19. The zero-order chi connectivity index (χ0) is 20.6. The van der Waals surface area contributed by atoms with Crippen molar-refractivity contribution in [2.75, 3.05) is 18.9 Å². The summed E-state index contributed by atoms with van der Waals surface area (Å²) in [7, 11) is 1.74. The van der Waals surface area contributed by atoms with E-state index in [1.165, 1.54) is 36.4 Å². The van der Waals surface area contributed by atoms with Crippen molar-refractivity contribution in [2.45, 2.75) is 25.7 Å². The highest BCUT2D eigenvalue weighted by atomic mass is 19.1. The number of hydrogen-bond acceptors (Lipinski definition) is 2. The Kier molecular flexibility index (Phi) is 6.94. The van der Waals surface area contributed by atoms with E-state index in [2.05, 4.69) is 15.5 Å². The second kappa shape index (κ2) is 9.82. The van der Waals surface area contributed by atoms with Gasteiger partial charge in [-0.3, -0.25) is 5.10 Å². The molecule has 1 aromatic heterocycles. The Morgan fingerprint density at radius 1 is 1.03 bits per heavy atom. The summed E-state index contributed by atoms with van der Waals surface area (Å²) in [6.07, 6.45) is 3.63. The summed E-state index contributed by atoms with van der Waals surface area (Å²) in [6, 6.07) is 13.8. The normalized spacial score (nSPS) is 10.7. The van der Waals surface area contributed by atoms with E-state index in [1.54, 1.807) is 18.0 Å². The number of carbonyl (C=O) groups is 1. The van der Waals surface area contributed by atoms with Crippen LogP contribution in [0.5, 0.6) is 0 Å². The van der Waals surface area contributed by atoms with Crippen LogP contribution in [-0.4, -0.2) is 34.7 Å². The summed E-state index contributed by atoms with van der Waals surface area (Å²) in [5, 5.41) is 9.98. The maximum Gasteiger partial charge on any atom is 0.321 e. The molecule has 0 saturated heterocycles. The van der Waals surface area contributed by atoms with Gasteiger partial charge in [-0.25, -0.2) is 13.6 Å². The summed E-state index contributed by atoms with van der Waals surface area (Å²) < 4.78 is 26.2. The maximum atomic E-state index is 13.3. The first-order valence-electron chi connectivity index (χ1n) is 9.59. The molecule has 152 valence electrons. The molecule has 0 aliphatic rings. The topological polar surface area (TPSA) is 61.0 Å². The van der Waals surface area contributed by atoms with E-state index in [1.807, 2.05) is 12.1 Å². The fourth-order valence-electron chi connectivity index (χ4n) is 2.98. The number of aryl methyl sites for hydroxylation is 1. The lowest BCUT2D eigenvalue weighted by atomic mass is 10.1. The molecule has 29 heavy (non-hydrogen) atoms. The molecule has 0 fully saturated rings. The first kappa shape index (κ1) is 20.5. The van der Waals surface area contributed by atoms with Crippen LogP contribution in [-0.2, 0) is 6.42 Å². The predicted molar refractivity (Wildman–Crippen MR) is 110 cm³/mol. The third kappa shape index (κ3) is 6.14. The van der Waals surface area contributed by atoms with Gasteiger partial charge in [-0.1, -0.05) is 18.6 Å². The number of aromatic nitrogens is 2. The molecule has 2 N–H and O–H groups in total. The van der Waals surface area contributed by atoms with Crippen molar-refractivity contribution in [3.63, 3.8) is 0 Å². The molecule has 0 saturated carbocycles. The number of rotatable bonds is 8. The molecule has 0 spiro atoms. The maximum absolute atomic E-state index is 13.3. The number of benzene rings is 2. The Labute approximate surface area is 168 Å². The molecule has 1 heterocycles. The van der Waals surface area contributed by atoms with Crippen molar-refractivity contribution in [1.29, 1.82) is 0 Å². The molecule has 5 nitrogen and oxygen atoms in total. The number of halogens is 2. The smallest absolute Gasteiger partial charge is 0.321 e. The number of nitrogens with one attached hydrogen (secondary N) is 2. The Hall–Kier alpha value is -3.22. The fourth-order valence-corrected chi connectivity index (χ4v) is 2.98. The van der Waals surface area contributed by atoms with Gasteiger partial charge in [0.1, 0.15) is 11.6 Å². The van der Waals surface area contributed by atoms with Crippen LogP contribution in [0.1, 0.15) is 25.0 Å². The molecule has 3 aromatic rings. The Morgan fingerprint density at radius 3 is 2.59 bits per heavy atom. The second-order valence-corrected chi connectivity index (χ2v) is 6.96. The zero-order valence-corrected chi connectivity index (χ0v) is 16.3. The van der Waals surface area contributed by atoms with Crippen LogP contribution in [0.15, 0.2) is 54.6 Å². The van der Waals surface area contributed by atoms with Gasteiger partial charge in [0.15, 0.2) is 0 Å². The first-order valence-corrected chi connectivity index (χ1v) is 9.59. The van der Waals surface area contributed by atoms with E-state index in [0.717, 1.165) is 42.6 Å². The average molecular weight is 398 g/mol. The van der Waals surface area contributed by atoms with E-state index in [9.17, 15) is 13.6 Å². The molecule has 0 aliphatic carbocycles. The van der Waals surface area contributed by atoms with Gasteiger partial charge in [0.25, 0.3) is 0 Å². The molecule has 0 aliphatic heterocycles. The number of carbonyl (C=O) groups excluding carboxylic acids is 1. The molecule has 0 bridgehead atoms. The van der Waals surface area contributed by atoms with E-state index in [-0.39, 0.29) is 17.7 Å². The quantitative estimate of drug-likeness (QED) is 0.510. The predicted octanol–water partition coefficient (Wildman–Crippen LogP) is 5.23. The highest BCUT2D eigenvalue weighted by Gasteiger charge is 2.09. The number of unbranched alkanes of at least 4 members (excludes halogenated alkanes) is 2. The summed E-state index contributed by atoms with van der Waals surface area (Å²) >= 11 is 0. The van der Waals surface area contributed by atoms with E-state index in [4.69, 9.17) is 0 Å². The summed E-state index contributed by atoms with van der Waals surface area (Å²) in [5.74, 6) is -0.615. The van der Waals surface area contributed by atoms with Gasteiger partial charge in [0.05, 0.1) is 5.69 Å². The number of nitrogens with zero attached hydrogens (tertiary/aromatic N) is 2. The third-order valence-electron chi connectivity index (χ3n) is 4.63. The monoisotopic (exact) mass is 398 g/mol. The van der Waals surface area contributed by atoms with E-state index in [0.29, 0.717) is 12.2 Å². The SMILES string of the molecule is CN(CCCCCc1cc(-c2cccc(F)c2)n[nH]1)C(=O)Nc1ccc(F)cc1. The molecule has 2 aromatic carbocycles. The molecule has 3 rings (SSSR count). The molecule has 2 amide bonds. The minimum absolute atomic E-state index is 0.218. The Morgan fingerprint density at radius 2 is 1.83 bits per heavy atom. The lowest BCUT2D eigenvalue weighted by Gasteiger charge is -2.17. The fraction of sp³-hybridized carbons (Fsp3) is 0.273. The number of H-pyrrole nitrogens is 1. The summed E-state index contributed by atoms with van der Waals surface area (Å²) in [5.41, 5.74) is 3.06. The van der Waals surface area contributed by atoms with Gasteiger partial charge >= 0.3 is 6.03 Å². The van der Waals surface area contributed by atoms with Crippen LogP contribution in [0, 0.1) is 11.6 Å². The van der Waals surface area contributed by atoms with E-state index < -0.39 is 0 Å². The van der Waals surface area contributed by atoms with Crippen molar-refractivity contribution in [2.24, 2.45) is 0 Å². The lowest BCUT2D eigenvalue weighted by molar-refractivity contribution is 0.221. The molecular weight excluding hydrogens is 374 g/mol. The van der Waals surface area contributed by atoms with Gasteiger partial charge in [-0.05, 0) is 61.7 Å². The Balaban J connectivity index is 1.36. The number of aromatic amines is 1. The number of amides is 2. The number of hydrogen-bond donors (Lipinski definition) is 2. The van der Waals surface area contributed by atoms with Crippen molar-refractivity contribution in [3.05, 3.63) is 71.9 Å². The Bertz CT molecular complexity index is 940. The number of anilines is 1. The summed E-state index contributed by atoms with van der Waals surface area (Å²) in [4.78, 5) is 13.7. The van der Waals surface area contributed by atoms with Crippen molar-refractivity contribution in [1.82, 2.24) is 15.1 Å². The van der Waals surface area contributed by atoms with Gasteiger partial charge in [0, 0.05) is 30.5 Å². The second-order valence-electron chi connectivity index (χ2n) is 6.96.